The summed E-state index contributed by atoms with van der Waals surface area (Å²) >= 11 is 0. The first-order valence-electron chi connectivity index (χ1n) is 5.89. The molecule has 0 spiro atoms. The second-order valence-corrected chi connectivity index (χ2v) is 4.38. The first-order valence-corrected chi connectivity index (χ1v) is 5.89. The largest absolute Gasteiger partial charge is 0.369 e. The van der Waals surface area contributed by atoms with Crippen LogP contribution in [0.2, 0.25) is 0 Å². The van der Waals surface area contributed by atoms with Gasteiger partial charge in [-0.05, 0) is 11.6 Å². The van der Waals surface area contributed by atoms with E-state index < -0.39 is 6.23 Å². The van der Waals surface area contributed by atoms with Crippen LogP contribution in [0, 0.1) is 0 Å². The van der Waals surface area contributed by atoms with Gasteiger partial charge in [0.15, 0.2) is 6.23 Å². The lowest BCUT2D eigenvalue weighted by Gasteiger charge is -2.20. The standard InChI is InChI=1S/C15H13NO2/c17-14-12-8-4-5-9-13(12)15(18)16(14)10-11-6-2-1-3-7-11/h1-9,14,17H,10H2/t14-/m0/s1. The number of aliphatic hydroxyl groups excluding tert-OH is 1. The van der Waals surface area contributed by atoms with E-state index in [0.29, 0.717) is 17.7 Å². The fourth-order valence-corrected chi connectivity index (χ4v) is 2.29. The predicted molar refractivity (Wildman–Crippen MR) is 67.7 cm³/mol. The number of hydrogen-bond donors (Lipinski definition) is 1. The molecule has 1 N–H and O–H groups in total. The molecule has 0 unspecified atom stereocenters. The Balaban J connectivity index is 1.91. The quantitative estimate of drug-likeness (QED) is 0.873. The topological polar surface area (TPSA) is 40.5 Å². The number of rotatable bonds is 2. The zero-order valence-electron chi connectivity index (χ0n) is 9.78. The van der Waals surface area contributed by atoms with E-state index in [1.165, 1.54) is 4.90 Å². The predicted octanol–water partition coefficient (Wildman–Crippen LogP) is 2.33. The zero-order chi connectivity index (χ0) is 12.5. The Morgan fingerprint density at radius 1 is 1.00 bits per heavy atom. The van der Waals surface area contributed by atoms with Crippen LogP contribution in [0.25, 0.3) is 0 Å². The highest BCUT2D eigenvalue weighted by atomic mass is 16.3. The van der Waals surface area contributed by atoms with Gasteiger partial charge in [-0.1, -0.05) is 48.5 Å². The number of benzene rings is 2. The Labute approximate surface area is 105 Å². The maximum atomic E-state index is 12.2. The van der Waals surface area contributed by atoms with Crippen LogP contribution in [0.15, 0.2) is 54.6 Å². The van der Waals surface area contributed by atoms with Gasteiger partial charge in [-0.15, -0.1) is 0 Å². The highest BCUT2D eigenvalue weighted by molar-refractivity contribution is 5.98. The Morgan fingerprint density at radius 3 is 2.39 bits per heavy atom. The van der Waals surface area contributed by atoms with Crippen LogP contribution >= 0.6 is 0 Å². The molecule has 0 aliphatic carbocycles. The molecular weight excluding hydrogens is 226 g/mol. The van der Waals surface area contributed by atoms with Crippen LogP contribution in [0.3, 0.4) is 0 Å². The van der Waals surface area contributed by atoms with Crippen molar-refractivity contribution < 1.29 is 9.90 Å². The van der Waals surface area contributed by atoms with Gasteiger partial charge >= 0.3 is 0 Å². The molecule has 1 atom stereocenters. The minimum absolute atomic E-state index is 0.109. The smallest absolute Gasteiger partial charge is 0.256 e. The summed E-state index contributed by atoms with van der Waals surface area (Å²) in [4.78, 5) is 13.7. The van der Waals surface area contributed by atoms with Crippen molar-refractivity contribution in [3.05, 3.63) is 71.3 Å². The summed E-state index contributed by atoms with van der Waals surface area (Å²) in [7, 11) is 0. The zero-order valence-corrected chi connectivity index (χ0v) is 9.78. The van der Waals surface area contributed by atoms with Gasteiger partial charge in [-0.2, -0.15) is 0 Å². The van der Waals surface area contributed by atoms with Crippen LogP contribution in [-0.2, 0) is 6.54 Å². The Bertz CT molecular complexity index is 580. The second kappa shape index (κ2) is 4.27. The van der Waals surface area contributed by atoms with Gasteiger partial charge in [0.25, 0.3) is 5.91 Å². The van der Waals surface area contributed by atoms with Gasteiger partial charge in [-0.3, -0.25) is 4.79 Å². The fourth-order valence-electron chi connectivity index (χ4n) is 2.29. The molecule has 18 heavy (non-hydrogen) atoms. The molecule has 2 aromatic carbocycles. The van der Waals surface area contributed by atoms with Crippen molar-refractivity contribution in [3.63, 3.8) is 0 Å². The maximum Gasteiger partial charge on any atom is 0.256 e. The van der Waals surface area contributed by atoms with Gasteiger partial charge in [0, 0.05) is 17.7 Å². The molecule has 2 aromatic rings. The maximum absolute atomic E-state index is 12.2. The van der Waals surface area contributed by atoms with E-state index in [1.54, 1.807) is 12.1 Å². The fraction of sp³-hybridized carbons (Fsp3) is 0.133. The van der Waals surface area contributed by atoms with E-state index in [1.807, 2.05) is 42.5 Å². The van der Waals surface area contributed by atoms with Crippen molar-refractivity contribution in [1.82, 2.24) is 4.90 Å². The monoisotopic (exact) mass is 239 g/mol. The van der Waals surface area contributed by atoms with Crippen molar-refractivity contribution in [3.8, 4) is 0 Å². The third-order valence-electron chi connectivity index (χ3n) is 3.22. The summed E-state index contributed by atoms with van der Waals surface area (Å²) in [5.41, 5.74) is 2.30. The highest BCUT2D eigenvalue weighted by Crippen LogP contribution is 2.32. The summed E-state index contributed by atoms with van der Waals surface area (Å²) in [5.74, 6) is -0.109. The van der Waals surface area contributed by atoms with Crippen molar-refractivity contribution in [2.45, 2.75) is 12.8 Å². The molecule has 0 saturated carbocycles. The Hall–Kier alpha value is -2.13. The molecule has 3 nitrogen and oxygen atoms in total. The lowest BCUT2D eigenvalue weighted by Crippen LogP contribution is -2.27. The number of hydrogen-bond acceptors (Lipinski definition) is 2. The van der Waals surface area contributed by atoms with Crippen LogP contribution in [-0.4, -0.2) is 15.9 Å². The summed E-state index contributed by atoms with van der Waals surface area (Å²) < 4.78 is 0. The molecule has 3 heteroatoms. The third kappa shape index (κ3) is 1.69. The Kier molecular flexibility index (Phi) is 2.61. The third-order valence-corrected chi connectivity index (χ3v) is 3.22. The minimum Gasteiger partial charge on any atom is -0.369 e. The van der Waals surface area contributed by atoms with Crippen molar-refractivity contribution in [1.29, 1.82) is 0 Å². The van der Waals surface area contributed by atoms with Crippen LogP contribution in [0.5, 0.6) is 0 Å². The second-order valence-electron chi connectivity index (χ2n) is 4.38. The molecule has 0 bridgehead atoms. The molecule has 90 valence electrons. The molecule has 0 saturated heterocycles. The number of amides is 1. The summed E-state index contributed by atoms with van der Waals surface area (Å²) in [6.07, 6.45) is -0.839. The average Bonchev–Trinajstić information content (AvgIpc) is 2.66. The molecule has 1 aliphatic heterocycles. The summed E-state index contributed by atoms with van der Waals surface area (Å²) in [5, 5.41) is 10.2. The lowest BCUT2D eigenvalue weighted by molar-refractivity contribution is 0.0137. The van der Waals surface area contributed by atoms with Crippen LogP contribution in [0.1, 0.15) is 27.7 Å². The number of nitrogens with zero attached hydrogens (tertiary/aromatic N) is 1. The van der Waals surface area contributed by atoms with Crippen LogP contribution in [0.4, 0.5) is 0 Å². The number of carbonyl (C=O) groups is 1. The van der Waals surface area contributed by atoms with Gasteiger partial charge in [0.1, 0.15) is 0 Å². The van der Waals surface area contributed by atoms with Gasteiger partial charge in [-0.25, -0.2) is 0 Å². The first-order chi connectivity index (χ1) is 8.77. The average molecular weight is 239 g/mol. The first kappa shape index (κ1) is 11.0. The van der Waals surface area contributed by atoms with Crippen LogP contribution < -0.4 is 0 Å². The molecule has 1 amide bonds. The molecule has 1 aliphatic rings. The summed E-state index contributed by atoms with van der Waals surface area (Å²) in [6, 6.07) is 16.9. The van der Waals surface area contributed by atoms with Crippen molar-refractivity contribution in [2.24, 2.45) is 0 Å². The molecule has 0 aromatic heterocycles. The molecule has 0 fully saturated rings. The minimum atomic E-state index is -0.839. The van der Waals surface area contributed by atoms with E-state index in [-0.39, 0.29) is 5.91 Å². The number of fused-ring (bicyclic) bond motifs is 1. The van der Waals surface area contributed by atoms with Gasteiger partial charge < -0.3 is 10.0 Å². The highest BCUT2D eigenvalue weighted by Gasteiger charge is 2.34. The van der Waals surface area contributed by atoms with Crippen molar-refractivity contribution >= 4 is 5.91 Å². The summed E-state index contributed by atoms with van der Waals surface area (Å²) in [6.45, 7) is 0.426. The molecular formula is C15H13NO2. The van der Waals surface area contributed by atoms with Gasteiger partial charge in [0.05, 0.1) is 0 Å². The number of aliphatic hydroxyl groups is 1. The van der Waals surface area contributed by atoms with Crippen molar-refractivity contribution in [2.75, 3.05) is 0 Å². The van der Waals surface area contributed by atoms with E-state index in [0.717, 1.165) is 5.56 Å². The normalized spacial score (nSPS) is 17.9. The molecule has 3 rings (SSSR count). The Morgan fingerprint density at radius 2 is 1.67 bits per heavy atom. The number of carbonyl (C=O) groups excluding carboxylic acids is 1. The molecule has 0 radical (unpaired) electrons. The lowest BCUT2D eigenvalue weighted by atomic mass is 10.1. The van der Waals surface area contributed by atoms with E-state index in [4.69, 9.17) is 0 Å². The van der Waals surface area contributed by atoms with E-state index >= 15 is 0 Å². The van der Waals surface area contributed by atoms with Gasteiger partial charge in [0.2, 0.25) is 0 Å². The van der Waals surface area contributed by atoms with E-state index in [2.05, 4.69) is 0 Å². The SMILES string of the molecule is O=C1c2ccccc2[C@H](O)N1Cc1ccccc1. The molecule has 1 heterocycles. The van der Waals surface area contributed by atoms with E-state index in [9.17, 15) is 9.90 Å².